The van der Waals surface area contributed by atoms with Crippen molar-refractivity contribution >= 4 is 0 Å². The van der Waals surface area contributed by atoms with Crippen molar-refractivity contribution in [3.8, 4) is 0 Å². The van der Waals surface area contributed by atoms with Crippen molar-refractivity contribution in [3.63, 3.8) is 0 Å². The molecule has 0 amide bonds. The Balaban J connectivity index is 2.70. The molecule has 1 aromatic rings. The highest BCUT2D eigenvalue weighted by molar-refractivity contribution is 5.09. The third-order valence-corrected chi connectivity index (χ3v) is 2.20. The van der Waals surface area contributed by atoms with Crippen LogP contribution >= 0.6 is 0 Å². The molecule has 1 heterocycles. The Morgan fingerprint density at radius 1 is 1.31 bits per heavy atom. The molecule has 0 aliphatic heterocycles. The van der Waals surface area contributed by atoms with Crippen molar-refractivity contribution in [1.29, 1.82) is 0 Å². The molecule has 0 spiro atoms. The summed E-state index contributed by atoms with van der Waals surface area (Å²) in [6.45, 7) is 7.81. The van der Waals surface area contributed by atoms with E-state index in [4.69, 9.17) is 5.84 Å². The van der Waals surface area contributed by atoms with Crippen LogP contribution < -0.4 is 5.84 Å². The van der Waals surface area contributed by atoms with Crippen molar-refractivity contribution in [2.24, 2.45) is 22.1 Å². The van der Waals surface area contributed by atoms with Crippen LogP contribution in [-0.2, 0) is 19.4 Å². The number of aryl methyl sites for hydroxylation is 1. The third-order valence-electron chi connectivity index (χ3n) is 2.20. The molecule has 0 bridgehead atoms. The molecule has 90 valence electrons. The smallest absolute Gasteiger partial charge is 0.0878 e. The Kier molecular flexibility index (Phi) is 4.88. The summed E-state index contributed by atoms with van der Waals surface area (Å²) >= 11 is 0. The average Bonchev–Trinajstić information content (AvgIpc) is 2.60. The topological polar surface area (TPSA) is 81.5 Å². The minimum Gasteiger partial charge on any atom is -0.305 e. The molecule has 0 saturated heterocycles. The van der Waals surface area contributed by atoms with Gasteiger partial charge >= 0.3 is 0 Å². The molecule has 0 unspecified atom stereocenters. The van der Waals surface area contributed by atoms with E-state index >= 15 is 0 Å². The predicted octanol–water partition coefficient (Wildman–Crippen LogP) is 1.36. The molecule has 0 radical (unpaired) electrons. The molecular weight excluding hydrogens is 204 g/mol. The summed E-state index contributed by atoms with van der Waals surface area (Å²) in [6, 6.07) is 0. The second-order valence-electron chi connectivity index (χ2n) is 4.13. The van der Waals surface area contributed by atoms with E-state index in [1.54, 1.807) is 4.80 Å². The summed E-state index contributed by atoms with van der Waals surface area (Å²) < 4.78 is 0. The predicted molar refractivity (Wildman–Crippen MR) is 61.9 cm³/mol. The fraction of sp³-hybridized carbons (Fsp3) is 0.800. The van der Waals surface area contributed by atoms with Crippen LogP contribution in [0.1, 0.15) is 32.2 Å². The number of aromatic nitrogens is 3. The summed E-state index contributed by atoms with van der Waals surface area (Å²) in [5.74, 6) is 5.50. The zero-order chi connectivity index (χ0) is 12.0. The van der Waals surface area contributed by atoms with E-state index < -0.39 is 0 Å². The molecule has 1 rings (SSSR count). The van der Waals surface area contributed by atoms with Crippen LogP contribution in [-0.4, -0.2) is 21.5 Å². The van der Waals surface area contributed by atoms with Crippen molar-refractivity contribution in [2.75, 3.05) is 6.54 Å². The summed E-state index contributed by atoms with van der Waals surface area (Å²) in [7, 11) is 0. The molecule has 16 heavy (non-hydrogen) atoms. The number of nitrogens with two attached hydrogens (primary N) is 1. The molecule has 0 aliphatic rings. The SMILES string of the molecule is CCc1nn(CC(C)C)nc1CCN=NN. The zero-order valence-corrected chi connectivity index (χ0v) is 10.2. The van der Waals surface area contributed by atoms with Gasteiger partial charge in [0.25, 0.3) is 0 Å². The highest BCUT2D eigenvalue weighted by Gasteiger charge is 2.09. The maximum absolute atomic E-state index is 4.95. The van der Waals surface area contributed by atoms with Crippen molar-refractivity contribution in [2.45, 2.75) is 40.2 Å². The van der Waals surface area contributed by atoms with E-state index in [0.29, 0.717) is 12.5 Å². The van der Waals surface area contributed by atoms with Gasteiger partial charge in [-0.1, -0.05) is 26.0 Å². The van der Waals surface area contributed by atoms with Gasteiger partial charge in [-0.05, 0) is 12.3 Å². The molecule has 1 aromatic heterocycles. The second-order valence-corrected chi connectivity index (χ2v) is 4.13. The monoisotopic (exact) mass is 224 g/mol. The van der Waals surface area contributed by atoms with Gasteiger partial charge in [-0.2, -0.15) is 20.1 Å². The number of hydrogen-bond donors (Lipinski definition) is 1. The number of hydrogen-bond acceptors (Lipinski definition) is 4. The van der Waals surface area contributed by atoms with Crippen molar-refractivity contribution in [1.82, 2.24) is 15.0 Å². The summed E-state index contributed by atoms with van der Waals surface area (Å²) in [6.07, 6.45) is 1.65. The normalized spacial score (nSPS) is 11.8. The van der Waals surface area contributed by atoms with Crippen molar-refractivity contribution < 1.29 is 0 Å². The maximum atomic E-state index is 4.95. The lowest BCUT2D eigenvalue weighted by Gasteiger charge is -2.01. The fourth-order valence-electron chi connectivity index (χ4n) is 1.51. The molecule has 0 saturated carbocycles. The summed E-state index contributed by atoms with van der Waals surface area (Å²) in [4.78, 5) is 1.78. The van der Waals surface area contributed by atoms with Gasteiger partial charge in [0.05, 0.1) is 24.5 Å². The summed E-state index contributed by atoms with van der Waals surface area (Å²) in [5.41, 5.74) is 2.06. The third kappa shape index (κ3) is 3.60. The van der Waals surface area contributed by atoms with Gasteiger partial charge in [0, 0.05) is 6.42 Å². The minimum absolute atomic E-state index is 0.550. The highest BCUT2D eigenvalue weighted by Crippen LogP contribution is 2.06. The molecule has 0 aliphatic carbocycles. The number of nitrogens with zero attached hydrogens (tertiary/aromatic N) is 5. The van der Waals surface area contributed by atoms with E-state index in [2.05, 4.69) is 41.3 Å². The fourth-order valence-corrected chi connectivity index (χ4v) is 1.51. The van der Waals surface area contributed by atoms with Crippen LogP contribution in [0.4, 0.5) is 0 Å². The van der Waals surface area contributed by atoms with Crippen LogP contribution in [0.5, 0.6) is 0 Å². The van der Waals surface area contributed by atoms with Gasteiger partial charge in [-0.25, -0.2) is 0 Å². The first-order chi connectivity index (χ1) is 7.67. The van der Waals surface area contributed by atoms with E-state index in [-0.39, 0.29) is 0 Å². The minimum atomic E-state index is 0.550. The molecule has 0 aromatic carbocycles. The van der Waals surface area contributed by atoms with E-state index in [1.165, 1.54) is 0 Å². The second kappa shape index (κ2) is 6.19. The molecule has 2 N–H and O–H groups in total. The number of rotatable bonds is 6. The molecule has 6 nitrogen and oxygen atoms in total. The van der Waals surface area contributed by atoms with Gasteiger partial charge in [0.2, 0.25) is 0 Å². The molecular formula is C10H20N6. The van der Waals surface area contributed by atoms with Crippen LogP contribution in [0.15, 0.2) is 10.3 Å². The first kappa shape index (κ1) is 12.6. The highest BCUT2D eigenvalue weighted by atomic mass is 15.5. The Labute approximate surface area is 95.9 Å². The summed E-state index contributed by atoms with van der Waals surface area (Å²) in [5, 5.41) is 15.9. The Hall–Kier alpha value is -1.46. The Bertz CT molecular complexity index is 341. The quantitative estimate of drug-likeness (QED) is 0.450. The lowest BCUT2D eigenvalue weighted by Crippen LogP contribution is -2.08. The van der Waals surface area contributed by atoms with E-state index in [9.17, 15) is 0 Å². The Morgan fingerprint density at radius 2 is 2.00 bits per heavy atom. The van der Waals surface area contributed by atoms with Crippen molar-refractivity contribution in [3.05, 3.63) is 11.4 Å². The van der Waals surface area contributed by atoms with Crippen LogP contribution in [0.3, 0.4) is 0 Å². The van der Waals surface area contributed by atoms with Gasteiger partial charge in [0.1, 0.15) is 0 Å². The zero-order valence-electron chi connectivity index (χ0n) is 10.2. The lowest BCUT2D eigenvalue weighted by atomic mass is 10.2. The van der Waals surface area contributed by atoms with E-state index in [0.717, 1.165) is 30.8 Å². The largest absolute Gasteiger partial charge is 0.305 e. The van der Waals surface area contributed by atoms with Crippen LogP contribution in [0, 0.1) is 5.92 Å². The molecule has 0 fully saturated rings. The van der Waals surface area contributed by atoms with Gasteiger partial charge in [-0.3, -0.25) is 0 Å². The van der Waals surface area contributed by atoms with Crippen LogP contribution in [0.2, 0.25) is 0 Å². The average molecular weight is 224 g/mol. The first-order valence-electron chi connectivity index (χ1n) is 5.67. The van der Waals surface area contributed by atoms with E-state index in [1.807, 2.05) is 0 Å². The molecule has 6 heteroatoms. The standard InChI is InChI=1S/C10H20N6/c1-4-9-10(5-6-12-15-11)14-16(13-9)7-8(2)3/h8H,4-7H2,1-3H3,(H2,11,12). The van der Waals surface area contributed by atoms with Gasteiger partial charge in [-0.15, -0.1) is 0 Å². The maximum Gasteiger partial charge on any atom is 0.0878 e. The first-order valence-corrected chi connectivity index (χ1v) is 5.67. The van der Waals surface area contributed by atoms with Crippen LogP contribution in [0.25, 0.3) is 0 Å². The van der Waals surface area contributed by atoms with Gasteiger partial charge in [0.15, 0.2) is 0 Å². The Morgan fingerprint density at radius 3 is 2.56 bits per heavy atom. The van der Waals surface area contributed by atoms with Gasteiger partial charge < -0.3 is 5.84 Å². The lowest BCUT2D eigenvalue weighted by molar-refractivity contribution is 0.433. The molecule has 0 atom stereocenters.